The molecule has 1 aliphatic rings. The second-order valence-electron chi connectivity index (χ2n) is 10.2. The molecular weight excluding hydrogens is 452 g/mol. The van der Waals surface area contributed by atoms with Gasteiger partial charge in [0.1, 0.15) is 11.9 Å². The van der Waals surface area contributed by atoms with E-state index in [1.807, 2.05) is 71.9 Å². The lowest BCUT2D eigenvalue weighted by Crippen LogP contribution is -2.34. The molecule has 1 heterocycles. The summed E-state index contributed by atoms with van der Waals surface area (Å²) in [5, 5.41) is 19.7. The van der Waals surface area contributed by atoms with E-state index in [1.54, 1.807) is 13.0 Å². The van der Waals surface area contributed by atoms with Gasteiger partial charge in [-0.05, 0) is 52.0 Å². The van der Waals surface area contributed by atoms with Gasteiger partial charge in [-0.25, -0.2) is 4.79 Å². The molecule has 0 aromatic carbocycles. The van der Waals surface area contributed by atoms with Gasteiger partial charge in [-0.15, -0.1) is 0 Å². The van der Waals surface area contributed by atoms with E-state index in [1.165, 1.54) is 6.08 Å². The van der Waals surface area contributed by atoms with Crippen molar-refractivity contribution in [2.45, 2.75) is 79.9 Å². The number of ketones is 1. The first-order valence-electron chi connectivity index (χ1n) is 13.0. The molecule has 200 valence electrons. The van der Waals surface area contributed by atoms with Crippen LogP contribution in [0.2, 0.25) is 0 Å². The predicted octanol–water partition coefficient (Wildman–Crippen LogP) is 6.06. The van der Waals surface area contributed by atoms with E-state index < -0.39 is 12.0 Å². The SMILES string of the molecule is CC(=C/CC/C=C/C(C)=C/C(C)C(=O)C(C)C(O)C(C)C/C(C)=C/CO)/C=C/C1OC(=O)C=CC1C. The number of allylic oxidation sites excluding steroid dienone is 8. The molecule has 0 saturated carbocycles. The van der Waals surface area contributed by atoms with Crippen molar-refractivity contribution in [3.63, 3.8) is 0 Å². The number of aliphatic hydroxyl groups is 2. The summed E-state index contributed by atoms with van der Waals surface area (Å²) < 4.78 is 5.32. The fourth-order valence-electron chi connectivity index (χ4n) is 4.30. The third kappa shape index (κ3) is 11.5. The lowest BCUT2D eigenvalue weighted by atomic mass is 9.83. The Morgan fingerprint density at radius 1 is 1.08 bits per heavy atom. The first kappa shape index (κ1) is 31.5. The second-order valence-corrected chi connectivity index (χ2v) is 10.2. The van der Waals surface area contributed by atoms with Crippen LogP contribution in [0.3, 0.4) is 0 Å². The Morgan fingerprint density at radius 2 is 1.78 bits per heavy atom. The summed E-state index contributed by atoms with van der Waals surface area (Å²) in [5.41, 5.74) is 3.16. The highest BCUT2D eigenvalue weighted by Gasteiger charge is 2.29. The van der Waals surface area contributed by atoms with Crippen LogP contribution in [0.1, 0.15) is 67.7 Å². The van der Waals surface area contributed by atoms with Gasteiger partial charge < -0.3 is 14.9 Å². The zero-order chi connectivity index (χ0) is 27.3. The van der Waals surface area contributed by atoms with E-state index in [2.05, 4.69) is 12.2 Å². The molecule has 0 aromatic heterocycles. The molecule has 5 nitrogen and oxygen atoms in total. The van der Waals surface area contributed by atoms with Crippen LogP contribution < -0.4 is 0 Å². The molecule has 1 rings (SSSR count). The summed E-state index contributed by atoms with van der Waals surface area (Å²) in [6.07, 6.45) is 18.7. The van der Waals surface area contributed by atoms with Crippen LogP contribution in [0.4, 0.5) is 0 Å². The van der Waals surface area contributed by atoms with Crippen molar-refractivity contribution in [3.05, 3.63) is 71.4 Å². The minimum atomic E-state index is -0.722. The average Bonchev–Trinajstić information content (AvgIpc) is 2.82. The van der Waals surface area contributed by atoms with Crippen LogP contribution in [0.15, 0.2) is 71.4 Å². The summed E-state index contributed by atoms with van der Waals surface area (Å²) >= 11 is 0. The zero-order valence-electron chi connectivity index (χ0n) is 23.1. The van der Waals surface area contributed by atoms with Crippen molar-refractivity contribution in [2.75, 3.05) is 6.61 Å². The van der Waals surface area contributed by atoms with Gasteiger partial charge in [0.25, 0.3) is 0 Å². The number of rotatable bonds is 14. The topological polar surface area (TPSA) is 83.8 Å². The van der Waals surface area contributed by atoms with E-state index in [9.17, 15) is 14.7 Å². The number of carbonyl (C=O) groups is 2. The molecule has 2 N–H and O–H groups in total. The fourth-order valence-corrected chi connectivity index (χ4v) is 4.30. The molecule has 0 amide bonds. The van der Waals surface area contributed by atoms with Crippen molar-refractivity contribution in [3.8, 4) is 0 Å². The van der Waals surface area contributed by atoms with Crippen LogP contribution in [0, 0.1) is 23.7 Å². The van der Waals surface area contributed by atoms with Crippen LogP contribution in [-0.2, 0) is 14.3 Å². The minimum Gasteiger partial charge on any atom is -0.454 e. The molecule has 36 heavy (non-hydrogen) atoms. The summed E-state index contributed by atoms with van der Waals surface area (Å²) in [7, 11) is 0. The smallest absolute Gasteiger partial charge is 0.331 e. The van der Waals surface area contributed by atoms with Crippen molar-refractivity contribution in [1.82, 2.24) is 0 Å². The Labute approximate surface area is 218 Å². The highest BCUT2D eigenvalue weighted by atomic mass is 16.5. The fraction of sp³-hybridized carbons (Fsp3) is 0.548. The number of Topliss-reactive ketones (excluding diaryl/α,β-unsaturated/α-hetero) is 1. The van der Waals surface area contributed by atoms with Gasteiger partial charge in [-0.3, -0.25) is 4.79 Å². The Morgan fingerprint density at radius 3 is 2.44 bits per heavy atom. The van der Waals surface area contributed by atoms with Gasteiger partial charge in [-0.1, -0.05) is 86.9 Å². The van der Waals surface area contributed by atoms with E-state index in [4.69, 9.17) is 9.84 Å². The Balaban J connectivity index is 2.53. The number of esters is 1. The first-order chi connectivity index (χ1) is 17.0. The van der Waals surface area contributed by atoms with E-state index in [0.29, 0.717) is 6.42 Å². The number of unbranched alkanes of at least 4 members (excludes halogenated alkanes) is 1. The number of ether oxygens (including phenoxy) is 1. The summed E-state index contributed by atoms with van der Waals surface area (Å²) in [4.78, 5) is 24.3. The van der Waals surface area contributed by atoms with Crippen molar-refractivity contribution >= 4 is 11.8 Å². The second kappa shape index (κ2) is 16.3. The molecule has 0 bridgehead atoms. The Kier molecular flexibility index (Phi) is 14.3. The number of carbonyl (C=O) groups excluding carboxylic acids is 2. The van der Waals surface area contributed by atoms with Gasteiger partial charge >= 0.3 is 5.97 Å². The molecule has 5 heteroatoms. The molecule has 0 aliphatic carbocycles. The summed E-state index contributed by atoms with van der Waals surface area (Å²) in [6.45, 7) is 13.6. The predicted molar refractivity (Wildman–Crippen MR) is 147 cm³/mol. The Hall–Kier alpha value is -2.50. The molecule has 6 unspecified atom stereocenters. The van der Waals surface area contributed by atoms with E-state index in [-0.39, 0.29) is 42.2 Å². The quantitative estimate of drug-likeness (QED) is 0.132. The number of aliphatic hydroxyl groups excluding tert-OH is 2. The maximum absolute atomic E-state index is 12.9. The number of hydrogen-bond acceptors (Lipinski definition) is 5. The zero-order valence-corrected chi connectivity index (χ0v) is 23.1. The van der Waals surface area contributed by atoms with Gasteiger partial charge in [0.05, 0.1) is 12.7 Å². The average molecular weight is 499 g/mol. The number of cyclic esters (lactones) is 1. The highest BCUT2D eigenvalue weighted by molar-refractivity contribution is 5.85. The van der Waals surface area contributed by atoms with Crippen molar-refractivity contribution < 1.29 is 24.5 Å². The first-order valence-corrected chi connectivity index (χ1v) is 13.0. The molecule has 0 aromatic rings. The number of hydrogen-bond donors (Lipinski definition) is 2. The minimum absolute atomic E-state index is 0.0128. The Bertz CT molecular complexity index is 902. The van der Waals surface area contributed by atoms with Crippen LogP contribution in [0.5, 0.6) is 0 Å². The van der Waals surface area contributed by atoms with Gasteiger partial charge in [-0.2, -0.15) is 0 Å². The molecule has 0 radical (unpaired) electrons. The van der Waals surface area contributed by atoms with Crippen LogP contribution >= 0.6 is 0 Å². The summed E-state index contributed by atoms with van der Waals surface area (Å²) in [6, 6.07) is 0. The maximum atomic E-state index is 12.9. The largest absolute Gasteiger partial charge is 0.454 e. The molecule has 0 spiro atoms. The molecule has 0 saturated heterocycles. The van der Waals surface area contributed by atoms with Crippen LogP contribution in [0.25, 0.3) is 0 Å². The van der Waals surface area contributed by atoms with Gasteiger partial charge in [0, 0.05) is 23.8 Å². The molecular formula is C31H46O5. The third-order valence-corrected chi connectivity index (χ3v) is 6.62. The van der Waals surface area contributed by atoms with Crippen molar-refractivity contribution in [1.29, 1.82) is 0 Å². The van der Waals surface area contributed by atoms with Crippen LogP contribution in [-0.4, -0.2) is 40.8 Å². The summed E-state index contributed by atoms with van der Waals surface area (Å²) in [5.74, 6) is -0.887. The van der Waals surface area contributed by atoms with E-state index >= 15 is 0 Å². The molecule has 6 atom stereocenters. The normalized spacial score (nSPS) is 23.1. The highest BCUT2D eigenvalue weighted by Crippen LogP contribution is 2.24. The van der Waals surface area contributed by atoms with Crippen molar-refractivity contribution in [2.24, 2.45) is 23.7 Å². The molecule has 0 fully saturated rings. The monoisotopic (exact) mass is 498 g/mol. The molecule has 1 aliphatic heterocycles. The lowest BCUT2D eigenvalue weighted by molar-refractivity contribution is -0.143. The third-order valence-electron chi connectivity index (χ3n) is 6.62. The van der Waals surface area contributed by atoms with Gasteiger partial charge in [0.15, 0.2) is 0 Å². The van der Waals surface area contributed by atoms with Gasteiger partial charge in [0.2, 0.25) is 0 Å². The standard InChI is InChI=1S/C31H46O5/c1-21(13-15-28-24(4)14-16-29(33)36-28)11-9-8-10-12-22(2)19-25(5)30(34)27(7)31(35)26(6)20-23(3)17-18-32/h10-17,19,24-28,31-32,35H,8-9,18,20H2,1-7H3/b12-10+,15-13+,21-11-,22-19+,23-17+. The van der Waals surface area contributed by atoms with E-state index in [0.717, 1.165) is 29.6 Å². The maximum Gasteiger partial charge on any atom is 0.331 e. The lowest BCUT2D eigenvalue weighted by Gasteiger charge is -2.25.